The molecule has 38 heavy (non-hydrogen) atoms. The molecule has 3 nitrogen and oxygen atoms in total. The van der Waals surface area contributed by atoms with Gasteiger partial charge in [0.25, 0.3) is 0 Å². The van der Waals surface area contributed by atoms with Crippen LogP contribution in [0.4, 0.5) is 0 Å². The lowest BCUT2D eigenvalue weighted by atomic mass is 9.82. The molecule has 7 rings (SSSR count). The molecule has 0 aliphatic heterocycles. The van der Waals surface area contributed by atoms with Gasteiger partial charge in [0.2, 0.25) is 5.69 Å². The van der Waals surface area contributed by atoms with E-state index in [0.717, 1.165) is 44.3 Å². The summed E-state index contributed by atoms with van der Waals surface area (Å²) in [5.41, 5.74) is 9.70. The minimum absolute atomic E-state index is 0.614. The van der Waals surface area contributed by atoms with Crippen molar-refractivity contribution in [3.05, 3.63) is 89.6 Å². The SMILES string of the molecule is Cc1ccc2c(oc3c(-c4ccc(C5CCC6(CCCC6)C5)cc4)c(C#N)ccc32)c1-c1cccc[n+]1C. The molecule has 0 bridgehead atoms. The minimum Gasteiger partial charge on any atom is -0.454 e. The van der Waals surface area contributed by atoms with Gasteiger partial charge in [-0.05, 0) is 85.3 Å². The molecule has 0 amide bonds. The second kappa shape index (κ2) is 8.84. The van der Waals surface area contributed by atoms with E-state index in [4.69, 9.17) is 4.42 Å². The molecule has 1 unspecified atom stereocenters. The van der Waals surface area contributed by atoms with Crippen molar-refractivity contribution in [3.63, 3.8) is 0 Å². The molecule has 2 aliphatic carbocycles. The smallest absolute Gasteiger partial charge is 0.216 e. The number of aryl methyl sites for hydroxylation is 2. The topological polar surface area (TPSA) is 40.8 Å². The summed E-state index contributed by atoms with van der Waals surface area (Å²) < 4.78 is 8.86. The zero-order valence-corrected chi connectivity index (χ0v) is 22.3. The maximum atomic E-state index is 10.1. The number of aromatic nitrogens is 1. The van der Waals surface area contributed by atoms with E-state index in [1.54, 1.807) is 0 Å². The van der Waals surface area contributed by atoms with Gasteiger partial charge in [0.05, 0.1) is 17.2 Å². The van der Waals surface area contributed by atoms with Gasteiger partial charge in [-0.2, -0.15) is 5.26 Å². The Morgan fingerprint density at radius 1 is 0.868 bits per heavy atom. The minimum atomic E-state index is 0.614. The van der Waals surface area contributed by atoms with Gasteiger partial charge in [-0.15, -0.1) is 0 Å². The highest BCUT2D eigenvalue weighted by atomic mass is 16.3. The maximum Gasteiger partial charge on any atom is 0.216 e. The van der Waals surface area contributed by atoms with Gasteiger partial charge < -0.3 is 4.42 Å². The Hall–Kier alpha value is -3.90. The third-order valence-corrected chi connectivity index (χ3v) is 9.49. The lowest BCUT2D eigenvalue weighted by Crippen LogP contribution is -2.30. The molecule has 1 spiro atoms. The highest BCUT2D eigenvalue weighted by Gasteiger charge is 2.41. The van der Waals surface area contributed by atoms with Crippen molar-refractivity contribution in [2.45, 2.75) is 57.8 Å². The largest absolute Gasteiger partial charge is 0.454 e. The van der Waals surface area contributed by atoms with E-state index in [9.17, 15) is 5.26 Å². The van der Waals surface area contributed by atoms with Crippen LogP contribution in [0.5, 0.6) is 0 Å². The summed E-state index contributed by atoms with van der Waals surface area (Å²) in [5.74, 6) is 0.664. The summed E-state index contributed by atoms with van der Waals surface area (Å²) in [5, 5.41) is 12.2. The number of pyridine rings is 1. The second-order valence-corrected chi connectivity index (χ2v) is 11.7. The molecule has 3 aromatic carbocycles. The summed E-state index contributed by atoms with van der Waals surface area (Å²) in [4.78, 5) is 0. The van der Waals surface area contributed by atoms with Crippen molar-refractivity contribution in [3.8, 4) is 28.5 Å². The van der Waals surface area contributed by atoms with Crippen LogP contribution in [0.2, 0.25) is 0 Å². The second-order valence-electron chi connectivity index (χ2n) is 11.7. The monoisotopic (exact) mass is 497 g/mol. The van der Waals surface area contributed by atoms with Crippen molar-refractivity contribution < 1.29 is 8.98 Å². The van der Waals surface area contributed by atoms with Gasteiger partial charge in [0, 0.05) is 28.5 Å². The van der Waals surface area contributed by atoms with E-state index in [1.165, 1.54) is 56.1 Å². The van der Waals surface area contributed by atoms with Gasteiger partial charge in [-0.3, -0.25) is 0 Å². The predicted octanol–water partition coefficient (Wildman–Crippen LogP) is 8.75. The number of hydrogen-bond donors (Lipinski definition) is 0. The Bertz CT molecular complexity index is 1730. The number of nitrogens with zero attached hydrogens (tertiary/aromatic N) is 2. The van der Waals surface area contributed by atoms with Gasteiger partial charge in [0.1, 0.15) is 18.2 Å². The van der Waals surface area contributed by atoms with Crippen molar-refractivity contribution in [2.24, 2.45) is 12.5 Å². The first-order chi connectivity index (χ1) is 18.6. The van der Waals surface area contributed by atoms with E-state index in [2.05, 4.69) is 79.3 Å². The fourth-order valence-electron chi connectivity index (χ4n) is 7.48. The standard InChI is InChI=1S/C35H33N2O/c1-23-8-14-28-29-15-13-27(22-36)32(34(29)38-33(28)31(23)30-7-3-6-20-37(30)2)25-11-9-24(10-12-25)26-16-19-35(21-26)17-4-5-18-35/h3,6-15,20,26H,4-5,16-19,21H2,1-2H3/q+1. The lowest BCUT2D eigenvalue weighted by molar-refractivity contribution is -0.660. The molecule has 2 heterocycles. The lowest BCUT2D eigenvalue weighted by Gasteiger charge is -2.22. The summed E-state index contributed by atoms with van der Waals surface area (Å²) in [6, 6.07) is 26.0. The zero-order valence-electron chi connectivity index (χ0n) is 22.3. The van der Waals surface area contributed by atoms with Crippen LogP contribution in [-0.4, -0.2) is 0 Å². The average Bonchev–Trinajstić information content (AvgIpc) is 3.68. The third-order valence-electron chi connectivity index (χ3n) is 9.49. The van der Waals surface area contributed by atoms with Crippen molar-refractivity contribution >= 4 is 21.9 Å². The molecule has 188 valence electrons. The van der Waals surface area contributed by atoms with Crippen LogP contribution in [-0.2, 0) is 7.05 Å². The van der Waals surface area contributed by atoms with Crippen molar-refractivity contribution in [1.82, 2.24) is 0 Å². The van der Waals surface area contributed by atoms with Crippen LogP contribution in [0.3, 0.4) is 0 Å². The van der Waals surface area contributed by atoms with E-state index < -0.39 is 0 Å². The molecular weight excluding hydrogens is 464 g/mol. The Kier molecular flexibility index (Phi) is 5.41. The van der Waals surface area contributed by atoms with Crippen LogP contribution >= 0.6 is 0 Å². The Morgan fingerprint density at radius 3 is 2.34 bits per heavy atom. The van der Waals surface area contributed by atoms with Crippen LogP contribution in [0, 0.1) is 23.7 Å². The van der Waals surface area contributed by atoms with Gasteiger partial charge in [-0.25, -0.2) is 4.57 Å². The molecule has 2 aliphatic rings. The molecular formula is C35H33N2O+. The van der Waals surface area contributed by atoms with Gasteiger partial charge in [-0.1, -0.05) is 49.2 Å². The van der Waals surface area contributed by atoms with Crippen LogP contribution in [0.15, 0.2) is 77.3 Å². The highest BCUT2D eigenvalue weighted by Crippen LogP contribution is 2.55. The summed E-state index contributed by atoms with van der Waals surface area (Å²) in [6.45, 7) is 2.13. The predicted molar refractivity (Wildman–Crippen MR) is 153 cm³/mol. The van der Waals surface area contributed by atoms with E-state index >= 15 is 0 Å². The Balaban J connectivity index is 1.36. The van der Waals surface area contributed by atoms with E-state index in [1.807, 2.05) is 18.2 Å². The number of hydrogen-bond acceptors (Lipinski definition) is 2. The quantitative estimate of drug-likeness (QED) is 0.234. The maximum absolute atomic E-state index is 10.1. The fourth-order valence-corrected chi connectivity index (χ4v) is 7.48. The molecule has 2 fully saturated rings. The fraction of sp³-hybridized carbons (Fsp3) is 0.314. The molecule has 0 radical (unpaired) electrons. The van der Waals surface area contributed by atoms with Crippen molar-refractivity contribution in [1.29, 1.82) is 5.26 Å². The normalized spacial score (nSPS) is 18.5. The Labute approximate surface area is 224 Å². The summed E-state index contributed by atoms with van der Waals surface area (Å²) in [7, 11) is 2.07. The molecule has 0 N–H and O–H groups in total. The molecule has 0 saturated heterocycles. The number of benzene rings is 3. The average molecular weight is 498 g/mol. The summed E-state index contributed by atoms with van der Waals surface area (Å²) in [6.07, 6.45) is 11.8. The first-order valence-corrected chi connectivity index (χ1v) is 14.0. The van der Waals surface area contributed by atoms with Crippen LogP contribution in [0.1, 0.15) is 67.6 Å². The molecule has 2 aromatic heterocycles. The van der Waals surface area contributed by atoms with Gasteiger partial charge >= 0.3 is 0 Å². The highest BCUT2D eigenvalue weighted by molar-refractivity contribution is 6.14. The third kappa shape index (κ3) is 3.58. The number of nitriles is 1. The first-order valence-electron chi connectivity index (χ1n) is 14.0. The van der Waals surface area contributed by atoms with Crippen LogP contribution in [0.25, 0.3) is 44.3 Å². The molecule has 5 aromatic rings. The molecule has 3 heteroatoms. The van der Waals surface area contributed by atoms with E-state index in [-0.39, 0.29) is 0 Å². The number of furan rings is 1. The van der Waals surface area contributed by atoms with Crippen molar-refractivity contribution in [2.75, 3.05) is 0 Å². The first kappa shape index (κ1) is 23.2. The van der Waals surface area contributed by atoms with Crippen LogP contribution < -0.4 is 4.57 Å². The molecule has 1 atom stereocenters. The summed E-state index contributed by atoms with van der Waals surface area (Å²) >= 11 is 0. The van der Waals surface area contributed by atoms with Gasteiger partial charge in [0.15, 0.2) is 6.20 Å². The Morgan fingerprint density at radius 2 is 1.61 bits per heavy atom. The molecule has 2 saturated carbocycles. The van der Waals surface area contributed by atoms with E-state index in [0.29, 0.717) is 16.9 Å². The number of fused-ring (bicyclic) bond motifs is 3. The number of rotatable bonds is 3. The zero-order chi connectivity index (χ0) is 25.9.